The van der Waals surface area contributed by atoms with Gasteiger partial charge in [-0.2, -0.15) is 11.3 Å². The number of carbonyl (C=O) groups is 1. The molecule has 4 nitrogen and oxygen atoms in total. The van der Waals surface area contributed by atoms with Crippen LogP contribution >= 0.6 is 11.3 Å². The van der Waals surface area contributed by atoms with Gasteiger partial charge < -0.3 is 14.6 Å². The molecule has 0 amide bonds. The highest BCUT2D eigenvalue weighted by Crippen LogP contribution is 2.32. The highest BCUT2D eigenvalue weighted by atomic mass is 32.1. The maximum absolute atomic E-state index is 10.9. The van der Waals surface area contributed by atoms with E-state index in [0.29, 0.717) is 24.5 Å². The Morgan fingerprint density at radius 3 is 3.10 bits per heavy atom. The summed E-state index contributed by atoms with van der Waals surface area (Å²) in [5, 5.41) is 13.1. The molecule has 0 radical (unpaired) electrons. The van der Waals surface area contributed by atoms with E-state index in [-0.39, 0.29) is 0 Å². The molecule has 0 saturated carbocycles. The summed E-state index contributed by atoms with van der Waals surface area (Å²) in [6.45, 7) is 0.595. The van der Waals surface area contributed by atoms with Crippen LogP contribution in [0.25, 0.3) is 0 Å². The minimum Gasteiger partial charge on any atom is -0.493 e. The smallest absolute Gasteiger partial charge is 0.345 e. The van der Waals surface area contributed by atoms with Gasteiger partial charge in [-0.05, 0) is 34.0 Å². The predicted molar refractivity (Wildman–Crippen MR) is 75.7 cm³/mol. The van der Waals surface area contributed by atoms with Crippen molar-refractivity contribution in [2.75, 3.05) is 6.61 Å². The molecular weight excluding hydrogens is 276 g/mol. The Morgan fingerprint density at radius 2 is 2.35 bits per heavy atom. The van der Waals surface area contributed by atoms with Crippen LogP contribution in [0.15, 0.2) is 35.0 Å². The van der Waals surface area contributed by atoms with Crippen LogP contribution in [0.2, 0.25) is 0 Å². The fourth-order valence-electron chi connectivity index (χ4n) is 2.16. The normalized spacial score (nSPS) is 16.5. The first kappa shape index (κ1) is 13.0. The molecule has 1 aliphatic heterocycles. The summed E-state index contributed by atoms with van der Waals surface area (Å²) in [6, 6.07) is 7.58. The molecule has 2 heterocycles. The maximum Gasteiger partial charge on any atom is 0.345 e. The number of hydrogen-bond donors (Lipinski definition) is 1. The van der Waals surface area contributed by atoms with Gasteiger partial charge in [0.05, 0.1) is 6.61 Å². The lowest BCUT2D eigenvalue weighted by atomic mass is 10.1. The van der Waals surface area contributed by atoms with Gasteiger partial charge in [0.2, 0.25) is 0 Å². The first-order valence-electron chi connectivity index (χ1n) is 6.38. The molecule has 1 aromatic carbocycles. The van der Waals surface area contributed by atoms with Gasteiger partial charge >= 0.3 is 5.97 Å². The van der Waals surface area contributed by atoms with Crippen molar-refractivity contribution in [2.24, 2.45) is 0 Å². The van der Waals surface area contributed by atoms with Crippen LogP contribution in [-0.4, -0.2) is 23.8 Å². The molecule has 1 atom stereocenters. The number of thiophene rings is 1. The third kappa shape index (κ3) is 2.77. The fraction of sp³-hybridized carbons (Fsp3) is 0.267. The quantitative estimate of drug-likeness (QED) is 0.920. The largest absolute Gasteiger partial charge is 0.493 e. The van der Waals surface area contributed by atoms with Crippen molar-refractivity contribution in [1.82, 2.24) is 0 Å². The average molecular weight is 290 g/mol. The second kappa shape index (κ2) is 5.54. The summed E-state index contributed by atoms with van der Waals surface area (Å²) >= 11 is 1.67. The first-order chi connectivity index (χ1) is 9.72. The van der Waals surface area contributed by atoms with Crippen LogP contribution in [-0.2, 0) is 17.6 Å². The Kier molecular flexibility index (Phi) is 3.60. The van der Waals surface area contributed by atoms with Crippen LogP contribution in [0.3, 0.4) is 0 Å². The zero-order valence-electron chi connectivity index (χ0n) is 10.7. The summed E-state index contributed by atoms with van der Waals surface area (Å²) in [4.78, 5) is 10.9. The van der Waals surface area contributed by atoms with E-state index in [1.807, 2.05) is 17.5 Å². The molecule has 5 heteroatoms. The summed E-state index contributed by atoms with van der Waals surface area (Å²) in [5.74, 6) is 0.400. The van der Waals surface area contributed by atoms with Gasteiger partial charge in [-0.15, -0.1) is 0 Å². The van der Waals surface area contributed by atoms with E-state index in [1.165, 1.54) is 5.56 Å². The van der Waals surface area contributed by atoms with Crippen molar-refractivity contribution in [3.63, 3.8) is 0 Å². The summed E-state index contributed by atoms with van der Waals surface area (Å²) < 4.78 is 11.1. The number of aliphatic carboxylic acids is 1. The minimum absolute atomic E-state index is 0.417. The summed E-state index contributed by atoms with van der Waals surface area (Å²) in [7, 11) is 0. The Bertz CT molecular complexity index is 606. The van der Waals surface area contributed by atoms with E-state index < -0.39 is 12.1 Å². The van der Waals surface area contributed by atoms with Crippen molar-refractivity contribution in [3.05, 3.63) is 46.2 Å². The molecule has 1 unspecified atom stereocenters. The van der Waals surface area contributed by atoms with Crippen molar-refractivity contribution >= 4 is 17.3 Å². The molecule has 2 aromatic rings. The molecular formula is C15H14O4S. The van der Waals surface area contributed by atoms with Crippen molar-refractivity contribution in [3.8, 4) is 11.5 Å². The molecule has 20 heavy (non-hydrogen) atoms. The molecule has 104 valence electrons. The van der Waals surface area contributed by atoms with Crippen molar-refractivity contribution in [1.29, 1.82) is 0 Å². The number of carboxylic acid groups (broad SMARTS) is 1. The average Bonchev–Trinajstić information content (AvgIpc) is 3.06. The predicted octanol–water partition coefficient (Wildman–Crippen LogP) is 2.76. The van der Waals surface area contributed by atoms with E-state index in [9.17, 15) is 4.79 Å². The Labute approximate surface area is 120 Å². The van der Waals surface area contributed by atoms with E-state index in [4.69, 9.17) is 14.6 Å². The van der Waals surface area contributed by atoms with Gasteiger partial charge in [-0.1, -0.05) is 6.07 Å². The van der Waals surface area contributed by atoms with Crippen LogP contribution in [0.4, 0.5) is 0 Å². The van der Waals surface area contributed by atoms with E-state index in [1.54, 1.807) is 17.4 Å². The molecule has 0 fully saturated rings. The van der Waals surface area contributed by atoms with Gasteiger partial charge in [0, 0.05) is 18.9 Å². The molecule has 0 spiro atoms. The molecule has 3 rings (SSSR count). The van der Waals surface area contributed by atoms with Crippen molar-refractivity contribution in [2.45, 2.75) is 18.9 Å². The molecule has 1 N–H and O–H groups in total. The van der Waals surface area contributed by atoms with Crippen molar-refractivity contribution < 1.29 is 19.4 Å². The zero-order valence-corrected chi connectivity index (χ0v) is 11.6. The van der Waals surface area contributed by atoms with Crippen LogP contribution in [0.1, 0.15) is 11.1 Å². The van der Waals surface area contributed by atoms with Gasteiger partial charge in [0.25, 0.3) is 0 Å². The maximum atomic E-state index is 10.9. The summed E-state index contributed by atoms with van der Waals surface area (Å²) in [6.07, 6.45) is 0.505. The van der Waals surface area contributed by atoms with E-state index in [0.717, 1.165) is 12.0 Å². The molecule has 0 aliphatic carbocycles. The Morgan fingerprint density at radius 1 is 1.45 bits per heavy atom. The Hall–Kier alpha value is -2.01. The van der Waals surface area contributed by atoms with Gasteiger partial charge in [-0.25, -0.2) is 4.79 Å². The highest BCUT2D eigenvalue weighted by molar-refractivity contribution is 7.07. The second-order valence-corrected chi connectivity index (χ2v) is 5.43. The minimum atomic E-state index is -0.930. The number of hydrogen-bond acceptors (Lipinski definition) is 4. The second-order valence-electron chi connectivity index (χ2n) is 4.65. The standard InChI is InChI=1S/C15H14O4S/c16-15(17)14-7-11-1-2-12(8-13(11)19-14)18-5-3-10-4-6-20-9-10/h1-2,4,6,8-9,14H,3,5,7H2,(H,16,17). The summed E-state index contributed by atoms with van der Waals surface area (Å²) in [5.41, 5.74) is 2.18. The van der Waals surface area contributed by atoms with Gasteiger partial charge in [-0.3, -0.25) is 0 Å². The first-order valence-corrected chi connectivity index (χ1v) is 7.33. The number of fused-ring (bicyclic) bond motifs is 1. The molecule has 1 aliphatic rings. The fourth-order valence-corrected chi connectivity index (χ4v) is 2.86. The number of benzene rings is 1. The number of carboxylic acids is 1. The monoisotopic (exact) mass is 290 g/mol. The number of ether oxygens (including phenoxy) is 2. The lowest BCUT2D eigenvalue weighted by molar-refractivity contribution is -0.144. The zero-order chi connectivity index (χ0) is 13.9. The van der Waals surface area contributed by atoms with E-state index in [2.05, 4.69) is 11.4 Å². The molecule has 1 aromatic heterocycles. The van der Waals surface area contributed by atoms with E-state index >= 15 is 0 Å². The van der Waals surface area contributed by atoms with Gasteiger partial charge in [0.1, 0.15) is 11.5 Å². The van der Waals surface area contributed by atoms with Crippen LogP contribution in [0, 0.1) is 0 Å². The third-order valence-corrected chi connectivity index (χ3v) is 3.96. The lowest BCUT2D eigenvalue weighted by Crippen LogP contribution is -2.24. The molecule has 0 bridgehead atoms. The topological polar surface area (TPSA) is 55.8 Å². The SMILES string of the molecule is O=C(O)C1Cc2ccc(OCCc3ccsc3)cc2O1. The highest BCUT2D eigenvalue weighted by Gasteiger charge is 2.28. The van der Waals surface area contributed by atoms with Gasteiger partial charge in [0.15, 0.2) is 6.10 Å². The number of rotatable bonds is 5. The van der Waals surface area contributed by atoms with Crippen LogP contribution in [0.5, 0.6) is 11.5 Å². The lowest BCUT2D eigenvalue weighted by Gasteiger charge is -2.07. The molecule has 0 saturated heterocycles. The Balaban J connectivity index is 1.60. The third-order valence-electron chi connectivity index (χ3n) is 3.23. The van der Waals surface area contributed by atoms with Crippen LogP contribution < -0.4 is 9.47 Å².